The number of anilines is 2. The summed E-state index contributed by atoms with van der Waals surface area (Å²) in [6.45, 7) is 7.87. The van der Waals surface area contributed by atoms with E-state index in [9.17, 15) is 0 Å². The molecule has 4 nitrogen and oxygen atoms in total. The maximum atomic E-state index is 5.75. The van der Waals surface area contributed by atoms with Crippen molar-refractivity contribution in [1.29, 1.82) is 0 Å². The monoisotopic (exact) mass is 285 g/mol. The zero-order valence-electron chi connectivity index (χ0n) is 13.2. The van der Waals surface area contributed by atoms with Crippen molar-refractivity contribution in [3.05, 3.63) is 47.3 Å². The molecule has 0 fully saturated rings. The molecular weight excluding hydrogens is 262 g/mol. The predicted octanol–water partition coefficient (Wildman–Crippen LogP) is 3.32. The summed E-state index contributed by atoms with van der Waals surface area (Å²) in [5.41, 5.74) is 10.9. The van der Waals surface area contributed by atoms with Gasteiger partial charge in [-0.15, -0.1) is 0 Å². The van der Waals surface area contributed by atoms with Crippen molar-refractivity contribution in [2.45, 2.75) is 27.3 Å². The Morgan fingerprint density at radius 1 is 1.19 bits per heavy atom. The molecule has 0 saturated carbocycles. The first-order valence-electron chi connectivity index (χ1n) is 7.16. The molecule has 0 atom stereocenters. The minimum absolute atomic E-state index is 0.753. The molecule has 2 aromatic rings. The first kappa shape index (κ1) is 15.2. The number of benzene rings is 1. The molecule has 21 heavy (non-hydrogen) atoms. The Kier molecular flexibility index (Phi) is 4.68. The topological polar surface area (TPSA) is 51.4 Å². The summed E-state index contributed by atoms with van der Waals surface area (Å²) in [4.78, 5) is 6.84. The lowest BCUT2D eigenvalue weighted by Gasteiger charge is -2.24. The van der Waals surface area contributed by atoms with Crippen LogP contribution in [0.3, 0.4) is 0 Å². The van der Waals surface area contributed by atoms with Crippen molar-refractivity contribution < 1.29 is 4.74 Å². The molecule has 0 aliphatic carbocycles. The Morgan fingerprint density at radius 2 is 1.86 bits per heavy atom. The number of hydrogen-bond acceptors (Lipinski definition) is 4. The van der Waals surface area contributed by atoms with Crippen molar-refractivity contribution in [2.24, 2.45) is 0 Å². The average molecular weight is 285 g/mol. The van der Waals surface area contributed by atoms with Gasteiger partial charge in [0.25, 0.3) is 0 Å². The summed E-state index contributed by atoms with van der Waals surface area (Å²) < 4.78 is 5.48. The summed E-state index contributed by atoms with van der Waals surface area (Å²) in [6.07, 6.45) is 1.87. The quantitative estimate of drug-likeness (QED) is 0.856. The van der Waals surface area contributed by atoms with E-state index in [-0.39, 0.29) is 0 Å². The molecule has 2 N–H and O–H groups in total. The highest BCUT2D eigenvalue weighted by Crippen LogP contribution is 2.26. The highest BCUT2D eigenvalue weighted by Gasteiger charge is 2.13. The summed E-state index contributed by atoms with van der Waals surface area (Å²) in [7, 11) is 1.71. The maximum absolute atomic E-state index is 5.75. The highest BCUT2D eigenvalue weighted by molar-refractivity contribution is 5.53. The summed E-state index contributed by atoms with van der Waals surface area (Å²) in [6, 6.07) is 7.93. The maximum Gasteiger partial charge on any atom is 0.128 e. The SMILES string of the molecule is CCN(Cc1ncc(C)c(OC)c1C)c1ccc(N)cc1. The van der Waals surface area contributed by atoms with Crippen LogP contribution >= 0.6 is 0 Å². The van der Waals surface area contributed by atoms with E-state index >= 15 is 0 Å². The fraction of sp³-hybridized carbons (Fsp3) is 0.353. The van der Waals surface area contributed by atoms with Crippen LogP contribution in [0.2, 0.25) is 0 Å². The molecule has 0 unspecified atom stereocenters. The number of nitrogen functional groups attached to an aromatic ring is 1. The molecule has 0 amide bonds. The fourth-order valence-corrected chi connectivity index (χ4v) is 2.48. The summed E-state index contributed by atoms with van der Waals surface area (Å²) in [5.74, 6) is 0.924. The van der Waals surface area contributed by atoms with Gasteiger partial charge < -0.3 is 15.4 Å². The van der Waals surface area contributed by atoms with E-state index in [4.69, 9.17) is 10.5 Å². The number of methoxy groups -OCH3 is 1. The molecule has 112 valence electrons. The van der Waals surface area contributed by atoms with Crippen LogP contribution in [0.4, 0.5) is 11.4 Å². The molecule has 0 aliphatic heterocycles. The number of hydrogen-bond donors (Lipinski definition) is 1. The van der Waals surface area contributed by atoms with E-state index < -0.39 is 0 Å². The van der Waals surface area contributed by atoms with Crippen molar-refractivity contribution in [1.82, 2.24) is 4.98 Å². The second-order valence-electron chi connectivity index (χ2n) is 5.15. The molecule has 1 aromatic carbocycles. The van der Waals surface area contributed by atoms with Crippen molar-refractivity contribution >= 4 is 11.4 Å². The van der Waals surface area contributed by atoms with Crippen LogP contribution in [0.15, 0.2) is 30.5 Å². The van der Waals surface area contributed by atoms with Crippen molar-refractivity contribution in [2.75, 3.05) is 24.3 Å². The number of rotatable bonds is 5. The molecule has 1 heterocycles. The van der Waals surface area contributed by atoms with Gasteiger partial charge in [0.15, 0.2) is 0 Å². The van der Waals surface area contributed by atoms with Crippen LogP contribution in [0.1, 0.15) is 23.7 Å². The van der Waals surface area contributed by atoms with Gasteiger partial charge in [0.2, 0.25) is 0 Å². The van der Waals surface area contributed by atoms with Crippen LogP contribution in [0, 0.1) is 13.8 Å². The Morgan fingerprint density at radius 3 is 2.43 bits per heavy atom. The van der Waals surface area contributed by atoms with Gasteiger partial charge in [-0.3, -0.25) is 4.98 Å². The number of aryl methyl sites for hydroxylation is 1. The molecule has 0 aliphatic rings. The van der Waals surface area contributed by atoms with E-state index in [0.717, 1.165) is 47.0 Å². The highest BCUT2D eigenvalue weighted by atomic mass is 16.5. The van der Waals surface area contributed by atoms with Crippen molar-refractivity contribution in [3.8, 4) is 5.75 Å². The molecule has 4 heteroatoms. The number of pyridine rings is 1. The minimum atomic E-state index is 0.753. The van der Waals surface area contributed by atoms with Crippen molar-refractivity contribution in [3.63, 3.8) is 0 Å². The predicted molar refractivity (Wildman–Crippen MR) is 87.8 cm³/mol. The van der Waals surface area contributed by atoms with Gasteiger partial charge in [0.1, 0.15) is 5.75 Å². The van der Waals surface area contributed by atoms with Crippen LogP contribution in [-0.2, 0) is 6.54 Å². The lowest BCUT2D eigenvalue weighted by molar-refractivity contribution is 0.407. The lowest BCUT2D eigenvalue weighted by Crippen LogP contribution is -2.23. The Hall–Kier alpha value is -2.23. The number of nitrogens with two attached hydrogens (primary N) is 1. The average Bonchev–Trinajstić information content (AvgIpc) is 2.48. The van der Waals surface area contributed by atoms with E-state index in [1.807, 2.05) is 37.4 Å². The third-order valence-corrected chi connectivity index (χ3v) is 3.73. The van der Waals surface area contributed by atoms with E-state index in [0.29, 0.717) is 0 Å². The third-order valence-electron chi connectivity index (χ3n) is 3.73. The fourth-order valence-electron chi connectivity index (χ4n) is 2.48. The molecule has 0 saturated heterocycles. The normalized spacial score (nSPS) is 10.5. The summed E-state index contributed by atoms with van der Waals surface area (Å²) in [5, 5.41) is 0. The number of ether oxygens (including phenoxy) is 1. The Labute approximate surface area is 126 Å². The second-order valence-corrected chi connectivity index (χ2v) is 5.15. The molecular formula is C17H23N3O. The van der Waals surface area contributed by atoms with E-state index in [2.05, 4.69) is 23.7 Å². The molecule has 0 bridgehead atoms. The molecule has 0 spiro atoms. The van der Waals surface area contributed by atoms with Gasteiger partial charge in [0, 0.05) is 35.2 Å². The van der Waals surface area contributed by atoms with Crippen LogP contribution in [-0.4, -0.2) is 18.6 Å². The van der Waals surface area contributed by atoms with E-state index in [1.165, 1.54) is 0 Å². The molecule has 0 radical (unpaired) electrons. The Balaban J connectivity index is 2.29. The zero-order chi connectivity index (χ0) is 15.4. The Bertz CT molecular complexity index is 608. The van der Waals surface area contributed by atoms with Gasteiger partial charge in [-0.2, -0.15) is 0 Å². The van der Waals surface area contributed by atoms with Gasteiger partial charge >= 0.3 is 0 Å². The van der Waals surface area contributed by atoms with Gasteiger partial charge in [-0.1, -0.05) is 0 Å². The van der Waals surface area contributed by atoms with Gasteiger partial charge in [-0.05, 0) is 45.0 Å². The number of nitrogens with zero attached hydrogens (tertiary/aromatic N) is 2. The largest absolute Gasteiger partial charge is 0.496 e. The van der Waals surface area contributed by atoms with Gasteiger partial charge in [-0.25, -0.2) is 0 Å². The lowest BCUT2D eigenvalue weighted by atomic mass is 10.1. The second kappa shape index (κ2) is 6.48. The van der Waals surface area contributed by atoms with Gasteiger partial charge in [0.05, 0.1) is 19.3 Å². The third kappa shape index (κ3) is 3.27. The van der Waals surface area contributed by atoms with Crippen LogP contribution < -0.4 is 15.4 Å². The van der Waals surface area contributed by atoms with Crippen LogP contribution in [0.5, 0.6) is 5.75 Å². The smallest absolute Gasteiger partial charge is 0.128 e. The standard InChI is InChI=1S/C17H23N3O/c1-5-20(15-8-6-14(18)7-9-15)11-16-13(3)17(21-4)12(2)10-19-16/h6-10H,5,11,18H2,1-4H3. The number of aromatic nitrogens is 1. The first-order chi connectivity index (χ1) is 10.1. The molecule has 2 rings (SSSR count). The zero-order valence-corrected chi connectivity index (χ0v) is 13.2. The van der Waals surface area contributed by atoms with E-state index in [1.54, 1.807) is 7.11 Å². The first-order valence-corrected chi connectivity index (χ1v) is 7.16. The minimum Gasteiger partial charge on any atom is -0.496 e. The van der Waals surface area contributed by atoms with Crippen LogP contribution in [0.25, 0.3) is 0 Å². The summed E-state index contributed by atoms with van der Waals surface area (Å²) >= 11 is 0. The molecule has 1 aromatic heterocycles.